The summed E-state index contributed by atoms with van der Waals surface area (Å²) in [5.41, 5.74) is 4.63. The fraction of sp³-hybridized carbons (Fsp3) is 0.400. The van der Waals surface area contributed by atoms with E-state index in [2.05, 4.69) is 5.43 Å². The number of methoxy groups -OCH3 is 2. The zero-order valence-corrected chi connectivity index (χ0v) is 8.76. The summed E-state index contributed by atoms with van der Waals surface area (Å²) >= 11 is 0. The van der Waals surface area contributed by atoms with E-state index in [1.807, 2.05) is 19.1 Å². The van der Waals surface area contributed by atoms with Gasteiger partial charge in [-0.3, -0.25) is 11.3 Å². The van der Waals surface area contributed by atoms with Gasteiger partial charge in [-0.05, 0) is 24.6 Å². The van der Waals surface area contributed by atoms with Crippen LogP contribution in [0.3, 0.4) is 0 Å². The third-order valence-corrected chi connectivity index (χ3v) is 2.12. The van der Waals surface area contributed by atoms with E-state index in [4.69, 9.17) is 15.3 Å². The van der Waals surface area contributed by atoms with Crippen LogP contribution in [0.25, 0.3) is 0 Å². The van der Waals surface area contributed by atoms with Crippen molar-refractivity contribution in [3.8, 4) is 11.5 Å². The van der Waals surface area contributed by atoms with Gasteiger partial charge in [-0.1, -0.05) is 0 Å². The highest BCUT2D eigenvalue weighted by atomic mass is 16.5. The summed E-state index contributed by atoms with van der Waals surface area (Å²) in [4.78, 5) is 0. The highest BCUT2D eigenvalue weighted by Gasteiger charge is 2.07. The van der Waals surface area contributed by atoms with Gasteiger partial charge in [-0.25, -0.2) is 0 Å². The molecular weight excluding hydrogens is 180 g/mol. The maximum atomic E-state index is 5.25. The second-order valence-electron chi connectivity index (χ2n) is 3.01. The SMILES string of the molecule is COc1cc(CNN)cc(OC)c1C. The number of hydrogen-bond donors (Lipinski definition) is 2. The molecular formula is C10H16N2O2. The van der Waals surface area contributed by atoms with E-state index in [9.17, 15) is 0 Å². The molecule has 0 atom stereocenters. The number of nitrogens with two attached hydrogens (primary N) is 1. The molecule has 0 spiro atoms. The lowest BCUT2D eigenvalue weighted by molar-refractivity contribution is 0.387. The van der Waals surface area contributed by atoms with E-state index in [0.29, 0.717) is 6.54 Å². The van der Waals surface area contributed by atoms with Crippen LogP contribution in [-0.2, 0) is 6.54 Å². The average Bonchev–Trinajstić information content (AvgIpc) is 2.20. The van der Waals surface area contributed by atoms with E-state index in [1.165, 1.54) is 0 Å². The van der Waals surface area contributed by atoms with Crippen LogP contribution in [0.5, 0.6) is 11.5 Å². The van der Waals surface area contributed by atoms with Gasteiger partial charge in [0.25, 0.3) is 0 Å². The lowest BCUT2D eigenvalue weighted by Crippen LogP contribution is -2.20. The normalized spacial score (nSPS) is 10.0. The number of rotatable bonds is 4. The highest BCUT2D eigenvalue weighted by molar-refractivity contribution is 5.47. The maximum Gasteiger partial charge on any atom is 0.125 e. The molecule has 0 amide bonds. The van der Waals surface area contributed by atoms with E-state index in [1.54, 1.807) is 14.2 Å². The highest BCUT2D eigenvalue weighted by Crippen LogP contribution is 2.29. The Balaban J connectivity index is 3.11. The van der Waals surface area contributed by atoms with Crippen molar-refractivity contribution in [2.24, 2.45) is 5.84 Å². The van der Waals surface area contributed by atoms with Gasteiger partial charge in [0.15, 0.2) is 0 Å². The molecule has 1 aromatic rings. The zero-order valence-electron chi connectivity index (χ0n) is 8.76. The fourth-order valence-electron chi connectivity index (χ4n) is 1.36. The minimum atomic E-state index is 0.590. The minimum absolute atomic E-state index is 0.590. The van der Waals surface area contributed by atoms with Gasteiger partial charge >= 0.3 is 0 Å². The fourth-order valence-corrected chi connectivity index (χ4v) is 1.36. The lowest BCUT2D eigenvalue weighted by atomic mass is 10.1. The van der Waals surface area contributed by atoms with Crippen LogP contribution in [0, 0.1) is 6.92 Å². The third-order valence-electron chi connectivity index (χ3n) is 2.12. The predicted octanol–water partition coefficient (Wildman–Crippen LogP) is 0.976. The molecule has 0 saturated carbocycles. The van der Waals surface area contributed by atoms with Crippen LogP contribution >= 0.6 is 0 Å². The predicted molar refractivity (Wildman–Crippen MR) is 55.3 cm³/mol. The summed E-state index contributed by atoms with van der Waals surface area (Å²) in [5.74, 6) is 6.88. The summed E-state index contributed by atoms with van der Waals surface area (Å²) in [7, 11) is 3.28. The maximum absolute atomic E-state index is 5.25. The molecule has 78 valence electrons. The van der Waals surface area contributed by atoms with Crippen molar-refractivity contribution in [3.63, 3.8) is 0 Å². The second kappa shape index (κ2) is 4.83. The van der Waals surface area contributed by atoms with Crippen LogP contribution in [0.15, 0.2) is 12.1 Å². The van der Waals surface area contributed by atoms with Gasteiger partial charge in [0.1, 0.15) is 11.5 Å². The molecule has 0 fully saturated rings. The number of ether oxygens (including phenoxy) is 2. The lowest BCUT2D eigenvalue weighted by Gasteiger charge is -2.12. The van der Waals surface area contributed by atoms with Gasteiger partial charge in [0.05, 0.1) is 14.2 Å². The molecule has 3 N–H and O–H groups in total. The van der Waals surface area contributed by atoms with Crippen LogP contribution in [0.2, 0.25) is 0 Å². The molecule has 4 heteroatoms. The number of hydrazine groups is 1. The molecule has 0 aliphatic carbocycles. The van der Waals surface area contributed by atoms with Gasteiger partial charge in [0.2, 0.25) is 0 Å². The molecule has 1 aromatic carbocycles. The Morgan fingerprint density at radius 1 is 1.21 bits per heavy atom. The van der Waals surface area contributed by atoms with Crippen molar-refractivity contribution >= 4 is 0 Å². The van der Waals surface area contributed by atoms with Crippen LogP contribution in [0.4, 0.5) is 0 Å². The Kier molecular flexibility index (Phi) is 3.73. The number of nitrogens with one attached hydrogen (secondary N) is 1. The van der Waals surface area contributed by atoms with Gasteiger partial charge in [-0.15, -0.1) is 0 Å². The van der Waals surface area contributed by atoms with Crippen molar-refractivity contribution in [2.45, 2.75) is 13.5 Å². The monoisotopic (exact) mass is 196 g/mol. The molecule has 1 rings (SSSR count). The first-order valence-electron chi connectivity index (χ1n) is 4.38. The van der Waals surface area contributed by atoms with Crippen molar-refractivity contribution < 1.29 is 9.47 Å². The first-order valence-corrected chi connectivity index (χ1v) is 4.38. The topological polar surface area (TPSA) is 56.5 Å². The van der Waals surface area contributed by atoms with Gasteiger partial charge in [-0.2, -0.15) is 0 Å². The summed E-state index contributed by atoms with van der Waals surface area (Å²) in [6.07, 6.45) is 0. The Hall–Kier alpha value is -1.26. The Morgan fingerprint density at radius 3 is 2.07 bits per heavy atom. The minimum Gasteiger partial charge on any atom is -0.496 e. The molecule has 0 bridgehead atoms. The first kappa shape index (κ1) is 10.8. The molecule has 4 nitrogen and oxygen atoms in total. The Labute approximate surface area is 84.0 Å². The van der Waals surface area contributed by atoms with Crippen molar-refractivity contribution in [1.82, 2.24) is 5.43 Å². The van der Waals surface area contributed by atoms with E-state index in [-0.39, 0.29) is 0 Å². The van der Waals surface area contributed by atoms with Crippen LogP contribution < -0.4 is 20.7 Å². The van der Waals surface area contributed by atoms with Gasteiger partial charge < -0.3 is 9.47 Å². The quantitative estimate of drug-likeness (QED) is 0.556. The molecule has 0 aliphatic heterocycles. The smallest absolute Gasteiger partial charge is 0.125 e. The number of hydrogen-bond acceptors (Lipinski definition) is 4. The zero-order chi connectivity index (χ0) is 10.6. The largest absolute Gasteiger partial charge is 0.496 e. The number of benzene rings is 1. The molecule has 0 saturated heterocycles. The standard InChI is InChI=1S/C10H16N2O2/c1-7-9(13-2)4-8(6-12-11)5-10(7)14-3/h4-5,12H,6,11H2,1-3H3. The Bertz CT molecular complexity index is 288. The van der Waals surface area contributed by atoms with E-state index < -0.39 is 0 Å². The van der Waals surface area contributed by atoms with Gasteiger partial charge in [0, 0.05) is 12.1 Å². The Morgan fingerprint density at radius 2 is 1.71 bits per heavy atom. The molecule has 0 aromatic heterocycles. The van der Waals surface area contributed by atoms with Crippen LogP contribution in [-0.4, -0.2) is 14.2 Å². The first-order chi connectivity index (χ1) is 6.72. The van der Waals surface area contributed by atoms with E-state index >= 15 is 0 Å². The summed E-state index contributed by atoms with van der Waals surface area (Å²) in [5, 5.41) is 0. The summed E-state index contributed by atoms with van der Waals surface area (Å²) < 4.78 is 10.5. The molecule has 14 heavy (non-hydrogen) atoms. The van der Waals surface area contributed by atoms with E-state index in [0.717, 1.165) is 22.6 Å². The third kappa shape index (κ3) is 2.16. The molecule has 0 heterocycles. The van der Waals surface area contributed by atoms with Crippen molar-refractivity contribution in [3.05, 3.63) is 23.3 Å². The molecule has 0 radical (unpaired) electrons. The van der Waals surface area contributed by atoms with Crippen LogP contribution in [0.1, 0.15) is 11.1 Å². The van der Waals surface area contributed by atoms with Crippen molar-refractivity contribution in [2.75, 3.05) is 14.2 Å². The average molecular weight is 196 g/mol. The molecule has 0 unspecified atom stereocenters. The summed E-state index contributed by atoms with van der Waals surface area (Å²) in [6.45, 7) is 2.55. The second-order valence-corrected chi connectivity index (χ2v) is 3.01. The summed E-state index contributed by atoms with van der Waals surface area (Å²) in [6, 6.07) is 3.88. The van der Waals surface area contributed by atoms with Crippen molar-refractivity contribution in [1.29, 1.82) is 0 Å². The molecule has 0 aliphatic rings.